The van der Waals surface area contributed by atoms with Crippen LogP contribution in [0.2, 0.25) is 0 Å². The molecule has 2 rings (SSSR count). The molecule has 2 amide bonds. The lowest BCUT2D eigenvalue weighted by Gasteiger charge is -2.17. The molecule has 0 saturated carbocycles. The number of nitrogens with zero attached hydrogens (tertiary/aromatic N) is 1. The molecule has 0 aliphatic heterocycles. The van der Waals surface area contributed by atoms with Crippen molar-refractivity contribution >= 4 is 11.8 Å². The van der Waals surface area contributed by atoms with Gasteiger partial charge < -0.3 is 15.0 Å². The fourth-order valence-corrected chi connectivity index (χ4v) is 2.38. The van der Waals surface area contributed by atoms with Crippen molar-refractivity contribution in [2.24, 2.45) is 0 Å². The standard InChI is InChI=1S/C21H26N2O3/c1-3-4-14-26-19-12-10-18(11-13-19)21(25)22-15-20(24)23(2)16-17-8-6-5-7-9-17/h5-13H,3-4,14-16H2,1-2H3,(H,22,25). The Kier molecular flexibility index (Phi) is 7.68. The molecule has 0 aliphatic carbocycles. The molecule has 0 aromatic heterocycles. The lowest BCUT2D eigenvalue weighted by molar-refractivity contribution is -0.129. The van der Waals surface area contributed by atoms with Crippen LogP contribution in [0.3, 0.4) is 0 Å². The molecule has 0 fully saturated rings. The second-order valence-corrected chi connectivity index (χ2v) is 6.14. The number of hydrogen-bond acceptors (Lipinski definition) is 3. The summed E-state index contributed by atoms with van der Waals surface area (Å²) in [5, 5.41) is 2.67. The summed E-state index contributed by atoms with van der Waals surface area (Å²) in [6.45, 7) is 3.26. The van der Waals surface area contributed by atoms with Crippen LogP contribution in [0, 0.1) is 0 Å². The van der Waals surface area contributed by atoms with Gasteiger partial charge in [-0.15, -0.1) is 0 Å². The van der Waals surface area contributed by atoms with Gasteiger partial charge in [-0.25, -0.2) is 0 Å². The molecule has 2 aromatic rings. The summed E-state index contributed by atoms with van der Waals surface area (Å²) in [5.74, 6) is 0.335. The zero-order valence-corrected chi connectivity index (χ0v) is 15.4. The predicted octanol–water partition coefficient (Wildman–Crippen LogP) is 3.25. The Balaban J connectivity index is 1.79. The van der Waals surface area contributed by atoms with Crippen LogP contribution < -0.4 is 10.1 Å². The van der Waals surface area contributed by atoms with Crippen LogP contribution in [0.15, 0.2) is 54.6 Å². The summed E-state index contributed by atoms with van der Waals surface area (Å²) in [7, 11) is 1.73. The zero-order valence-electron chi connectivity index (χ0n) is 15.4. The van der Waals surface area contributed by atoms with Crippen LogP contribution >= 0.6 is 0 Å². The Hall–Kier alpha value is -2.82. The highest BCUT2D eigenvalue weighted by atomic mass is 16.5. The van der Waals surface area contributed by atoms with E-state index in [-0.39, 0.29) is 18.4 Å². The number of likely N-dealkylation sites (N-methyl/N-ethyl adjacent to an activating group) is 1. The Morgan fingerprint density at radius 2 is 1.73 bits per heavy atom. The van der Waals surface area contributed by atoms with Crippen molar-refractivity contribution < 1.29 is 14.3 Å². The SMILES string of the molecule is CCCCOc1ccc(C(=O)NCC(=O)N(C)Cc2ccccc2)cc1. The van der Waals surface area contributed by atoms with E-state index in [1.807, 2.05) is 30.3 Å². The number of unbranched alkanes of at least 4 members (excludes halogenated alkanes) is 1. The van der Waals surface area contributed by atoms with E-state index in [0.29, 0.717) is 18.7 Å². The molecule has 138 valence electrons. The van der Waals surface area contributed by atoms with Crippen molar-refractivity contribution in [2.45, 2.75) is 26.3 Å². The second kappa shape index (κ2) is 10.2. The van der Waals surface area contributed by atoms with E-state index in [4.69, 9.17) is 4.74 Å². The van der Waals surface area contributed by atoms with Gasteiger partial charge in [-0.1, -0.05) is 43.7 Å². The highest BCUT2D eigenvalue weighted by Crippen LogP contribution is 2.12. The van der Waals surface area contributed by atoms with Crippen molar-refractivity contribution in [3.63, 3.8) is 0 Å². The van der Waals surface area contributed by atoms with Gasteiger partial charge in [0.1, 0.15) is 5.75 Å². The van der Waals surface area contributed by atoms with E-state index in [9.17, 15) is 9.59 Å². The fraction of sp³-hybridized carbons (Fsp3) is 0.333. The first-order chi connectivity index (χ1) is 12.6. The molecule has 5 nitrogen and oxygen atoms in total. The van der Waals surface area contributed by atoms with Crippen LogP contribution in [0.25, 0.3) is 0 Å². The average molecular weight is 354 g/mol. The number of benzene rings is 2. The van der Waals surface area contributed by atoms with Crippen LogP contribution in [0.4, 0.5) is 0 Å². The van der Waals surface area contributed by atoms with E-state index in [0.717, 1.165) is 24.2 Å². The first-order valence-corrected chi connectivity index (χ1v) is 8.89. The average Bonchev–Trinajstić information content (AvgIpc) is 2.67. The Bertz CT molecular complexity index is 699. The Morgan fingerprint density at radius 1 is 1.04 bits per heavy atom. The number of amides is 2. The number of nitrogens with one attached hydrogen (secondary N) is 1. The van der Waals surface area contributed by atoms with Crippen molar-refractivity contribution in [3.8, 4) is 5.75 Å². The topological polar surface area (TPSA) is 58.6 Å². The molecule has 0 aliphatic rings. The summed E-state index contributed by atoms with van der Waals surface area (Å²) in [5.41, 5.74) is 1.56. The number of carbonyl (C=O) groups is 2. The molecule has 0 saturated heterocycles. The van der Waals surface area contributed by atoms with E-state index < -0.39 is 0 Å². The molecular formula is C21H26N2O3. The maximum Gasteiger partial charge on any atom is 0.251 e. The molecule has 0 bridgehead atoms. The molecular weight excluding hydrogens is 328 g/mol. The van der Waals surface area contributed by atoms with Gasteiger partial charge in [0.2, 0.25) is 5.91 Å². The van der Waals surface area contributed by atoms with Crippen molar-refractivity contribution in [1.29, 1.82) is 0 Å². The summed E-state index contributed by atoms with van der Waals surface area (Å²) in [4.78, 5) is 26.0. The van der Waals surface area contributed by atoms with Crippen molar-refractivity contribution in [1.82, 2.24) is 10.2 Å². The third-order valence-electron chi connectivity index (χ3n) is 3.97. The van der Waals surface area contributed by atoms with Crippen LogP contribution in [0.1, 0.15) is 35.7 Å². The maximum absolute atomic E-state index is 12.2. The summed E-state index contributed by atoms with van der Waals surface area (Å²) in [6, 6.07) is 16.7. The summed E-state index contributed by atoms with van der Waals surface area (Å²) >= 11 is 0. The van der Waals surface area contributed by atoms with Crippen molar-refractivity contribution in [3.05, 3.63) is 65.7 Å². The first kappa shape index (κ1) is 19.5. The quantitative estimate of drug-likeness (QED) is 0.703. The number of carbonyl (C=O) groups excluding carboxylic acids is 2. The minimum Gasteiger partial charge on any atom is -0.494 e. The van der Waals surface area contributed by atoms with Crippen LogP contribution in [-0.2, 0) is 11.3 Å². The Morgan fingerprint density at radius 3 is 2.38 bits per heavy atom. The molecule has 0 heterocycles. The second-order valence-electron chi connectivity index (χ2n) is 6.14. The molecule has 0 radical (unpaired) electrons. The van der Waals surface area contributed by atoms with Gasteiger partial charge in [0, 0.05) is 19.2 Å². The largest absolute Gasteiger partial charge is 0.494 e. The van der Waals surface area contributed by atoms with E-state index in [2.05, 4.69) is 12.2 Å². The fourth-order valence-electron chi connectivity index (χ4n) is 2.38. The van der Waals surface area contributed by atoms with E-state index in [1.54, 1.807) is 36.2 Å². The normalized spacial score (nSPS) is 10.2. The number of rotatable bonds is 9. The predicted molar refractivity (Wildman–Crippen MR) is 102 cm³/mol. The monoisotopic (exact) mass is 354 g/mol. The minimum absolute atomic E-state index is 0.0308. The molecule has 1 N–H and O–H groups in total. The maximum atomic E-state index is 12.2. The molecule has 5 heteroatoms. The van der Waals surface area contributed by atoms with E-state index in [1.165, 1.54) is 0 Å². The molecule has 26 heavy (non-hydrogen) atoms. The van der Waals surface area contributed by atoms with Crippen molar-refractivity contribution in [2.75, 3.05) is 20.2 Å². The lowest BCUT2D eigenvalue weighted by atomic mass is 10.2. The zero-order chi connectivity index (χ0) is 18.8. The van der Waals surface area contributed by atoms with Gasteiger partial charge >= 0.3 is 0 Å². The Labute approximate surface area is 155 Å². The van der Waals surface area contributed by atoms with E-state index >= 15 is 0 Å². The smallest absolute Gasteiger partial charge is 0.251 e. The number of ether oxygens (including phenoxy) is 1. The van der Waals surface area contributed by atoms with Crippen LogP contribution in [-0.4, -0.2) is 36.9 Å². The minimum atomic E-state index is -0.272. The van der Waals surface area contributed by atoms with Gasteiger partial charge in [0.25, 0.3) is 5.91 Å². The van der Waals surface area contributed by atoms with Gasteiger partial charge in [-0.05, 0) is 36.2 Å². The van der Waals surface area contributed by atoms with Gasteiger partial charge in [0.05, 0.1) is 13.2 Å². The molecule has 0 atom stereocenters. The van der Waals surface area contributed by atoms with Gasteiger partial charge in [0.15, 0.2) is 0 Å². The molecule has 0 unspecified atom stereocenters. The highest BCUT2D eigenvalue weighted by molar-refractivity contribution is 5.96. The number of hydrogen-bond donors (Lipinski definition) is 1. The molecule has 2 aromatic carbocycles. The lowest BCUT2D eigenvalue weighted by Crippen LogP contribution is -2.37. The third kappa shape index (κ3) is 6.24. The highest BCUT2D eigenvalue weighted by Gasteiger charge is 2.12. The first-order valence-electron chi connectivity index (χ1n) is 8.89. The van der Waals surface area contributed by atoms with Crippen LogP contribution in [0.5, 0.6) is 5.75 Å². The summed E-state index contributed by atoms with van der Waals surface area (Å²) in [6.07, 6.45) is 2.08. The third-order valence-corrected chi connectivity index (χ3v) is 3.97. The van der Waals surface area contributed by atoms with Gasteiger partial charge in [-0.3, -0.25) is 9.59 Å². The molecule has 0 spiro atoms. The van der Waals surface area contributed by atoms with Gasteiger partial charge in [-0.2, -0.15) is 0 Å². The summed E-state index contributed by atoms with van der Waals surface area (Å²) < 4.78 is 5.57.